The van der Waals surface area contributed by atoms with Crippen molar-refractivity contribution in [2.45, 2.75) is 30.6 Å². The summed E-state index contributed by atoms with van der Waals surface area (Å²) in [6, 6.07) is 11.5. The van der Waals surface area contributed by atoms with Gasteiger partial charge in [0.25, 0.3) is 5.91 Å². The van der Waals surface area contributed by atoms with E-state index in [0.717, 1.165) is 41.9 Å². The zero-order valence-corrected chi connectivity index (χ0v) is 18.2. The van der Waals surface area contributed by atoms with E-state index >= 15 is 0 Å². The molecular formula is C20H21N3O3S3. The van der Waals surface area contributed by atoms with Crippen LogP contribution in [0.4, 0.5) is 5.13 Å². The molecule has 1 saturated heterocycles. The molecule has 0 unspecified atom stereocenters. The van der Waals surface area contributed by atoms with Gasteiger partial charge in [-0.25, -0.2) is 13.4 Å². The van der Waals surface area contributed by atoms with E-state index < -0.39 is 15.9 Å². The number of hydrogen-bond acceptors (Lipinski definition) is 6. The number of nitrogens with one attached hydrogen (secondary N) is 1. The molecule has 9 heteroatoms. The Labute approximate surface area is 178 Å². The molecule has 3 heterocycles. The third kappa shape index (κ3) is 4.58. The van der Waals surface area contributed by atoms with Crippen molar-refractivity contribution >= 4 is 43.7 Å². The van der Waals surface area contributed by atoms with Crippen LogP contribution in [-0.2, 0) is 16.4 Å². The lowest BCUT2D eigenvalue weighted by atomic mass is 10.1. The summed E-state index contributed by atoms with van der Waals surface area (Å²) in [4.78, 5) is 18.4. The van der Waals surface area contributed by atoms with E-state index in [1.165, 1.54) is 27.3 Å². The zero-order chi connectivity index (χ0) is 20.3. The predicted octanol–water partition coefficient (Wildman–Crippen LogP) is 4.22. The summed E-state index contributed by atoms with van der Waals surface area (Å²) in [5.74, 6) is -0.434. The van der Waals surface area contributed by atoms with Crippen LogP contribution in [0.2, 0.25) is 0 Å². The van der Waals surface area contributed by atoms with Crippen LogP contribution in [0.1, 0.15) is 39.4 Å². The lowest BCUT2D eigenvalue weighted by Crippen LogP contribution is -2.36. The van der Waals surface area contributed by atoms with Gasteiger partial charge >= 0.3 is 0 Å². The van der Waals surface area contributed by atoms with Crippen LogP contribution < -0.4 is 5.32 Å². The van der Waals surface area contributed by atoms with Crippen molar-refractivity contribution < 1.29 is 13.2 Å². The third-order valence-electron chi connectivity index (χ3n) is 4.76. The molecule has 0 aliphatic carbocycles. The number of aromatic nitrogens is 1. The number of thiophene rings is 1. The Balaban J connectivity index is 1.48. The first kappa shape index (κ1) is 20.2. The maximum atomic E-state index is 13.0. The van der Waals surface area contributed by atoms with E-state index in [2.05, 4.69) is 10.3 Å². The summed E-state index contributed by atoms with van der Waals surface area (Å²) in [5.41, 5.74) is 1.17. The molecule has 0 bridgehead atoms. The van der Waals surface area contributed by atoms with Gasteiger partial charge in [-0.3, -0.25) is 10.1 Å². The minimum absolute atomic E-state index is 0.0861. The molecule has 29 heavy (non-hydrogen) atoms. The maximum absolute atomic E-state index is 13.0. The van der Waals surface area contributed by atoms with E-state index in [9.17, 15) is 13.2 Å². The zero-order valence-electron chi connectivity index (χ0n) is 15.7. The van der Waals surface area contributed by atoms with E-state index in [4.69, 9.17) is 0 Å². The first-order valence-corrected chi connectivity index (χ1v) is 12.6. The number of benzene rings is 1. The van der Waals surface area contributed by atoms with Gasteiger partial charge in [0.1, 0.15) is 9.77 Å². The Morgan fingerprint density at radius 1 is 1.10 bits per heavy atom. The fourth-order valence-electron chi connectivity index (χ4n) is 3.31. The molecule has 0 atom stereocenters. The SMILES string of the molecule is O=C(Nc1ncc(Cc2ccccc2)s1)c1sccc1S(=O)(=O)N1CCCCC1. The van der Waals surface area contributed by atoms with Crippen molar-refractivity contribution in [1.29, 1.82) is 0 Å². The molecule has 1 fully saturated rings. The van der Waals surface area contributed by atoms with Crippen molar-refractivity contribution in [1.82, 2.24) is 9.29 Å². The molecule has 1 amide bonds. The summed E-state index contributed by atoms with van der Waals surface area (Å²) in [5, 5.41) is 4.88. The lowest BCUT2D eigenvalue weighted by Gasteiger charge is -2.25. The Hall–Kier alpha value is -2.07. The molecule has 2 aromatic heterocycles. The Morgan fingerprint density at radius 2 is 1.86 bits per heavy atom. The van der Waals surface area contributed by atoms with E-state index in [1.54, 1.807) is 11.6 Å². The van der Waals surface area contributed by atoms with E-state index in [1.807, 2.05) is 30.3 Å². The summed E-state index contributed by atoms with van der Waals surface area (Å²) >= 11 is 2.53. The highest BCUT2D eigenvalue weighted by Crippen LogP contribution is 2.29. The predicted molar refractivity (Wildman–Crippen MR) is 116 cm³/mol. The Morgan fingerprint density at radius 3 is 2.62 bits per heavy atom. The van der Waals surface area contributed by atoms with Crippen LogP contribution >= 0.6 is 22.7 Å². The van der Waals surface area contributed by atoms with Gasteiger partial charge in [-0.1, -0.05) is 36.8 Å². The molecule has 0 saturated carbocycles. The normalized spacial score (nSPS) is 15.3. The number of hydrogen-bond donors (Lipinski definition) is 1. The highest BCUT2D eigenvalue weighted by molar-refractivity contribution is 7.89. The summed E-state index contributed by atoms with van der Waals surface area (Å²) in [6.45, 7) is 1.02. The van der Waals surface area contributed by atoms with Gasteiger partial charge in [-0.05, 0) is 29.9 Å². The number of thiazole rings is 1. The summed E-state index contributed by atoms with van der Waals surface area (Å²) in [7, 11) is -3.66. The highest BCUT2D eigenvalue weighted by atomic mass is 32.2. The molecule has 4 rings (SSSR count). The lowest BCUT2D eigenvalue weighted by molar-refractivity contribution is 0.102. The number of carbonyl (C=O) groups is 1. The van der Waals surface area contributed by atoms with Crippen molar-refractivity contribution in [3.05, 3.63) is 63.3 Å². The van der Waals surface area contributed by atoms with Gasteiger partial charge in [-0.2, -0.15) is 4.31 Å². The molecule has 1 aromatic carbocycles. The number of piperidine rings is 1. The van der Waals surface area contributed by atoms with Crippen LogP contribution in [0.15, 0.2) is 52.9 Å². The molecule has 1 N–H and O–H groups in total. The second-order valence-corrected chi connectivity index (χ2v) is 10.8. The fraction of sp³-hybridized carbons (Fsp3) is 0.300. The van der Waals surface area contributed by atoms with Gasteiger partial charge < -0.3 is 0 Å². The van der Waals surface area contributed by atoms with Crippen molar-refractivity contribution in [2.75, 3.05) is 18.4 Å². The minimum atomic E-state index is -3.66. The molecule has 6 nitrogen and oxygen atoms in total. The number of rotatable bonds is 6. The Bertz CT molecular complexity index is 1080. The number of carbonyl (C=O) groups excluding carboxylic acids is 1. The topological polar surface area (TPSA) is 79.4 Å². The van der Waals surface area contributed by atoms with Crippen LogP contribution in [0.3, 0.4) is 0 Å². The maximum Gasteiger partial charge on any atom is 0.268 e. The molecular weight excluding hydrogens is 426 g/mol. The van der Waals surface area contributed by atoms with E-state index in [0.29, 0.717) is 18.2 Å². The Kier molecular flexibility index (Phi) is 6.09. The van der Waals surface area contributed by atoms with Gasteiger partial charge in [0, 0.05) is 30.6 Å². The van der Waals surface area contributed by atoms with Crippen molar-refractivity contribution in [2.24, 2.45) is 0 Å². The second-order valence-electron chi connectivity index (χ2n) is 6.83. The molecule has 0 spiro atoms. The van der Waals surface area contributed by atoms with Gasteiger partial charge in [-0.15, -0.1) is 22.7 Å². The number of sulfonamides is 1. The highest BCUT2D eigenvalue weighted by Gasteiger charge is 2.31. The quantitative estimate of drug-likeness (QED) is 0.614. The second kappa shape index (κ2) is 8.74. The molecule has 152 valence electrons. The minimum Gasteiger partial charge on any atom is -0.297 e. The summed E-state index contributed by atoms with van der Waals surface area (Å²) in [6.07, 6.45) is 5.23. The number of anilines is 1. The van der Waals surface area contributed by atoms with Gasteiger partial charge in [0.2, 0.25) is 10.0 Å². The van der Waals surface area contributed by atoms with Gasteiger partial charge in [0.05, 0.1) is 0 Å². The average Bonchev–Trinajstić information content (AvgIpc) is 3.39. The van der Waals surface area contributed by atoms with Crippen molar-refractivity contribution in [3.8, 4) is 0 Å². The van der Waals surface area contributed by atoms with Gasteiger partial charge in [0.15, 0.2) is 5.13 Å². The molecule has 0 radical (unpaired) electrons. The summed E-state index contributed by atoms with van der Waals surface area (Å²) < 4.78 is 27.4. The number of nitrogens with zero attached hydrogens (tertiary/aromatic N) is 2. The van der Waals surface area contributed by atoms with E-state index in [-0.39, 0.29) is 9.77 Å². The largest absolute Gasteiger partial charge is 0.297 e. The van der Waals surface area contributed by atoms with Crippen LogP contribution in [0.5, 0.6) is 0 Å². The number of amides is 1. The molecule has 1 aliphatic rings. The molecule has 1 aliphatic heterocycles. The first-order chi connectivity index (χ1) is 14.0. The smallest absolute Gasteiger partial charge is 0.268 e. The van der Waals surface area contributed by atoms with Crippen molar-refractivity contribution in [3.63, 3.8) is 0 Å². The fourth-order valence-corrected chi connectivity index (χ4v) is 6.96. The monoisotopic (exact) mass is 447 g/mol. The van der Waals surface area contributed by atoms with Crippen LogP contribution in [0, 0.1) is 0 Å². The first-order valence-electron chi connectivity index (χ1n) is 9.41. The average molecular weight is 448 g/mol. The van der Waals surface area contributed by atoms with Crippen LogP contribution in [0.25, 0.3) is 0 Å². The third-order valence-corrected chi connectivity index (χ3v) is 8.66. The molecule has 3 aromatic rings. The van der Waals surface area contributed by atoms with Crippen LogP contribution in [-0.4, -0.2) is 36.7 Å². The standard InChI is InChI=1S/C20H21N3O3S3/c24-19(22-20-21-14-16(28-20)13-15-7-3-1-4-8-15)18-17(9-12-27-18)29(25,26)23-10-5-2-6-11-23/h1,3-4,7-9,12,14H,2,5-6,10-11,13H2,(H,21,22,24).